The summed E-state index contributed by atoms with van der Waals surface area (Å²) in [7, 11) is 0. The van der Waals surface area contributed by atoms with Crippen molar-refractivity contribution in [3.8, 4) is 0 Å². The number of hydrogen-bond donors (Lipinski definition) is 1. The zero-order chi connectivity index (χ0) is 13.5. The van der Waals surface area contributed by atoms with Gasteiger partial charge in [0.2, 0.25) is 0 Å². The Kier molecular flexibility index (Phi) is 3.16. The summed E-state index contributed by atoms with van der Waals surface area (Å²) < 4.78 is 0. The molecule has 2 unspecified atom stereocenters. The molecule has 0 aromatic carbocycles. The van der Waals surface area contributed by atoms with E-state index in [2.05, 4.69) is 30.4 Å². The second-order valence-electron chi connectivity index (χ2n) is 6.08. The standard InChI is InChI=1S/C18H21NS/c19-16-10-3-1-6-12(16)14-8-5-9-15-13-7-2-4-11-17(13)20-18(14)15/h3-4,8,10-12,16H,1-2,5-7,9,19H2. The average molecular weight is 283 g/mol. The van der Waals surface area contributed by atoms with Gasteiger partial charge in [-0.15, -0.1) is 11.3 Å². The summed E-state index contributed by atoms with van der Waals surface area (Å²) in [6, 6.07) is 0.204. The molecule has 4 rings (SSSR count). The van der Waals surface area contributed by atoms with Crippen molar-refractivity contribution in [2.75, 3.05) is 0 Å². The molecule has 1 aromatic heterocycles. The first kappa shape index (κ1) is 12.6. The third-order valence-corrected chi connectivity index (χ3v) is 6.15. The fourth-order valence-electron chi connectivity index (χ4n) is 3.85. The Balaban J connectivity index is 1.77. The minimum Gasteiger partial charge on any atom is -0.324 e. The third kappa shape index (κ3) is 1.94. The molecule has 1 nitrogen and oxygen atoms in total. The molecule has 0 radical (unpaired) electrons. The zero-order valence-electron chi connectivity index (χ0n) is 11.8. The van der Waals surface area contributed by atoms with Crippen LogP contribution in [-0.4, -0.2) is 6.04 Å². The zero-order valence-corrected chi connectivity index (χ0v) is 12.6. The normalized spacial score (nSPS) is 27.9. The van der Waals surface area contributed by atoms with Gasteiger partial charge in [-0.2, -0.15) is 0 Å². The maximum atomic E-state index is 6.35. The number of hydrogen-bond acceptors (Lipinski definition) is 2. The van der Waals surface area contributed by atoms with E-state index in [1.165, 1.54) is 43.4 Å². The Labute approximate surface area is 124 Å². The van der Waals surface area contributed by atoms with Crippen molar-refractivity contribution in [3.05, 3.63) is 45.2 Å². The van der Waals surface area contributed by atoms with Crippen LogP contribution < -0.4 is 5.73 Å². The van der Waals surface area contributed by atoms with Crippen LogP contribution in [0, 0.1) is 5.92 Å². The maximum absolute atomic E-state index is 6.35. The highest BCUT2D eigenvalue weighted by molar-refractivity contribution is 7.14. The largest absolute Gasteiger partial charge is 0.324 e. The molecular formula is C18H21NS. The first-order valence-electron chi connectivity index (χ1n) is 7.78. The minimum absolute atomic E-state index is 0.204. The van der Waals surface area contributed by atoms with Gasteiger partial charge >= 0.3 is 0 Å². The van der Waals surface area contributed by atoms with Crippen molar-refractivity contribution >= 4 is 23.0 Å². The van der Waals surface area contributed by atoms with E-state index in [1.807, 2.05) is 11.3 Å². The van der Waals surface area contributed by atoms with E-state index >= 15 is 0 Å². The van der Waals surface area contributed by atoms with Crippen LogP contribution in [0.5, 0.6) is 0 Å². The highest BCUT2D eigenvalue weighted by Crippen LogP contribution is 2.45. The van der Waals surface area contributed by atoms with Crippen molar-refractivity contribution in [1.82, 2.24) is 0 Å². The smallest absolute Gasteiger partial charge is 0.0344 e. The molecule has 0 aliphatic heterocycles. The molecule has 0 amide bonds. The van der Waals surface area contributed by atoms with Crippen molar-refractivity contribution < 1.29 is 0 Å². The lowest BCUT2D eigenvalue weighted by atomic mass is 9.79. The van der Waals surface area contributed by atoms with E-state index in [1.54, 1.807) is 21.6 Å². The van der Waals surface area contributed by atoms with Gasteiger partial charge in [0.05, 0.1) is 0 Å². The molecule has 0 spiro atoms. The predicted octanol–water partition coefficient (Wildman–Crippen LogP) is 4.33. The third-order valence-electron chi connectivity index (χ3n) is 4.87. The fourth-order valence-corrected chi connectivity index (χ4v) is 5.28. The first-order valence-corrected chi connectivity index (χ1v) is 8.60. The van der Waals surface area contributed by atoms with Crippen molar-refractivity contribution in [2.45, 2.75) is 44.6 Å². The van der Waals surface area contributed by atoms with Gasteiger partial charge in [-0.3, -0.25) is 0 Å². The summed E-state index contributed by atoms with van der Waals surface area (Å²) in [6.07, 6.45) is 18.8. The molecule has 0 saturated heterocycles. The van der Waals surface area contributed by atoms with Gasteiger partial charge in [-0.05, 0) is 61.3 Å². The van der Waals surface area contributed by atoms with E-state index in [4.69, 9.17) is 5.73 Å². The molecule has 1 heterocycles. The summed E-state index contributed by atoms with van der Waals surface area (Å²) in [5, 5.41) is 0. The monoisotopic (exact) mass is 283 g/mol. The van der Waals surface area contributed by atoms with Crippen LogP contribution in [0.15, 0.2) is 24.3 Å². The molecule has 2 heteroatoms. The van der Waals surface area contributed by atoms with Crippen molar-refractivity contribution in [1.29, 1.82) is 0 Å². The molecule has 0 saturated carbocycles. The van der Waals surface area contributed by atoms with E-state index in [0.29, 0.717) is 5.92 Å². The van der Waals surface area contributed by atoms with Gasteiger partial charge < -0.3 is 5.73 Å². The van der Waals surface area contributed by atoms with E-state index in [0.717, 1.165) is 0 Å². The summed E-state index contributed by atoms with van der Waals surface area (Å²) in [5.41, 5.74) is 11.2. The lowest BCUT2D eigenvalue weighted by molar-refractivity contribution is 0.528. The Morgan fingerprint density at radius 1 is 1.05 bits per heavy atom. The van der Waals surface area contributed by atoms with Gasteiger partial charge in [-0.25, -0.2) is 0 Å². The van der Waals surface area contributed by atoms with Crippen LogP contribution in [0.1, 0.15) is 46.6 Å². The summed E-state index contributed by atoms with van der Waals surface area (Å²) in [6.45, 7) is 0. The van der Waals surface area contributed by atoms with Crippen LogP contribution in [0.4, 0.5) is 0 Å². The molecule has 1 aromatic rings. The van der Waals surface area contributed by atoms with Crippen LogP contribution >= 0.6 is 11.3 Å². The number of thiophene rings is 1. The molecule has 104 valence electrons. The topological polar surface area (TPSA) is 26.0 Å². The van der Waals surface area contributed by atoms with E-state index in [9.17, 15) is 0 Å². The summed E-state index contributed by atoms with van der Waals surface area (Å²) in [4.78, 5) is 3.07. The highest BCUT2D eigenvalue weighted by Gasteiger charge is 2.29. The fraction of sp³-hybridized carbons (Fsp3) is 0.444. The minimum atomic E-state index is 0.204. The van der Waals surface area contributed by atoms with E-state index < -0.39 is 0 Å². The quantitative estimate of drug-likeness (QED) is 0.763. The van der Waals surface area contributed by atoms with Gasteiger partial charge in [-0.1, -0.05) is 24.3 Å². The second-order valence-corrected chi connectivity index (χ2v) is 7.13. The Hall–Kier alpha value is -1.12. The van der Waals surface area contributed by atoms with Crippen LogP contribution in [-0.2, 0) is 12.8 Å². The lowest BCUT2D eigenvalue weighted by Crippen LogP contribution is -2.31. The Morgan fingerprint density at radius 2 is 1.95 bits per heavy atom. The molecule has 3 aliphatic rings. The van der Waals surface area contributed by atoms with Gasteiger partial charge in [0, 0.05) is 21.7 Å². The van der Waals surface area contributed by atoms with E-state index in [-0.39, 0.29) is 6.04 Å². The molecule has 2 N–H and O–H groups in total. The highest BCUT2D eigenvalue weighted by atomic mass is 32.1. The average Bonchev–Trinajstić information content (AvgIpc) is 2.86. The van der Waals surface area contributed by atoms with Crippen LogP contribution in [0.25, 0.3) is 11.6 Å². The number of rotatable bonds is 1. The molecule has 0 bridgehead atoms. The second kappa shape index (κ2) is 5.01. The molecule has 3 aliphatic carbocycles. The van der Waals surface area contributed by atoms with Gasteiger partial charge in [0.25, 0.3) is 0 Å². The Bertz CT molecular complexity index is 618. The van der Waals surface area contributed by atoms with Crippen molar-refractivity contribution in [2.24, 2.45) is 11.7 Å². The number of fused-ring (bicyclic) bond motifs is 3. The predicted molar refractivity (Wildman–Crippen MR) is 87.8 cm³/mol. The van der Waals surface area contributed by atoms with Gasteiger partial charge in [0.1, 0.15) is 0 Å². The van der Waals surface area contributed by atoms with Crippen LogP contribution in [0.2, 0.25) is 0 Å². The maximum Gasteiger partial charge on any atom is 0.0344 e. The molecule has 0 fully saturated rings. The SMILES string of the molecule is NC1C=CCCC1C1=CCCc2c1sc1c2CCC=C1. The molecule has 20 heavy (non-hydrogen) atoms. The lowest BCUT2D eigenvalue weighted by Gasteiger charge is -2.29. The van der Waals surface area contributed by atoms with Crippen LogP contribution in [0.3, 0.4) is 0 Å². The molecule has 2 atom stereocenters. The van der Waals surface area contributed by atoms with Gasteiger partial charge in [0.15, 0.2) is 0 Å². The Morgan fingerprint density at radius 3 is 2.85 bits per heavy atom. The molecular weight excluding hydrogens is 262 g/mol. The number of nitrogens with two attached hydrogens (primary N) is 1. The first-order chi connectivity index (χ1) is 9.84. The summed E-state index contributed by atoms with van der Waals surface area (Å²) in [5.74, 6) is 0.531. The summed E-state index contributed by atoms with van der Waals surface area (Å²) >= 11 is 2.01. The number of allylic oxidation sites excluding steroid dienone is 3. The van der Waals surface area contributed by atoms with Crippen molar-refractivity contribution in [3.63, 3.8) is 0 Å².